The Bertz CT molecular complexity index is 892. The van der Waals surface area contributed by atoms with Crippen LogP contribution >= 0.6 is 34.7 Å². The smallest absolute Gasteiger partial charge is 0.229 e. The Kier molecular flexibility index (Phi) is 8.36. The largest absolute Gasteiger partial charge is 0.302 e. The fourth-order valence-electron chi connectivity index (χ4n) is 3.01. The van der Waals surface area contributed by atoms with Gasteiger partial charge in [-0.25, -0.2) is 4.98 Å². The number of halogens is 1. The summed E-state index contributed by atoms with van der Waals surface area (Å²) in [4.78, 5) is 23.1. The predicted octanol–water partition coefficient (Wildman–Crippen LogP) is 5.81. The van der Waals surface area contributed by atoms with Crippen molar-refractivity contribution < 1.29 is 4.79 Å². The number of anilines is 1. The Morgan fingerprint density at radius 1 is 1.07 bits per heavy atom. The van der Waals surface area contributed by atoms with Crippen molar-refractivity contribution in [2.24, 2.45) is 0 Å². The summed E-state index contributed by atoms with van der Waals surface area (Å²) in [5.41, 5.74) is 0.948. The highest BCUT2D eigenvalue weighted by atomic mass is 35.5. The third kappa shape index (κ3) is 6.19. The number of nitrogens with zero attached hydrogens (tertiary/aromatic N) is 3. The molecule has 0 spiro atoms. The molecule has 4 nitrogen and oxygen atoms in total. The van der Waals surface area contributed by atoms with E-state index >= 15 is 0 Å². The number of fused-ring (bicyclic) bond motifs is 1. The molecule has 0 aliphatic carbocycles. The van der Waals surface area contributed by atoms with Gasteiger partial charge in [-0.1, -0.05) is 48.9 Å². The average Bonchev–Trinajstić information content (AvgIpc) is 3.16. The van der Waals surface area contributed by atoms with Crippen molar-refractivity contribution in [1.29, 1.82) is 0 Å². The second kappa shape index (κ2) is 11.0. The highest BCUT2D eigenvalue weighted by Crippen LogP contribution is 2.29. The highest BCUT2D eigenvalue weighted by Gasteiger charge is 2.20. The first-order valence-electron chi connectivity index (χ1n) is 9.87. The van der Waals surface area contributed by atoms with Crippen molar-refractivity contribution in [3.8, 4) is 0 Å². The Balaban J connectivity index is 1.68. The number of likely N-dealkylation sites (N-methyl/N-ethyl adjacent to an activating group) is 1. The van der Waals surface area contributed by atoms with Crippen molar-refractivity contribution in [3.05, 3.63) is 53.6 Å². The molecule has 0 fully saturated rings. The molecule has 7 heteroatoms. The van der Waals surface area contributed by atoms with Gasteiger partial charge in [0.15, 0.2) is 5.13 Å². The summed E-state index contributed by atoms with van der Waals surface area (Å²) in [6.45, 7) is 7.76. The zero-order valence-electron chi connectivity index (χ0n) is 16.8. The number of carbonyl (C=O) groups excluding carboxylic acids is 1. The van der Waals surface area contributed by atoms with Crippen LogP contribution < -0.4 is 4.90 Å². The maximum Gasteiger partial charge on any atom is 0.229 e. The SMILES string of the molecule is CCN(CC)CCN(C(=O)CCSc1ccc(Cl)cc1)c1nc2ccccc2s1. The minimum Gasteiger partial charge on any atom is -0.302 e. The van der Waals surface area contributed by atoms with Crippen LogP contribution in [-0.2, 0) is 4.79 Å². The molecule has 0 saturated carbocycles. The van der Waals surface area contributed by atoms with Gasteiger partial charge in [-0.2, -0.15) is 0 Å². The molecule has 3 rings (SSSR count). The van der Waals surface area contributed by atoms with Gasteiger partial charge in [0.25, 0.3) is 0 Å². The number of hydrogen-bond acceptors (Lipinski definition) is 5. The lowest BCUT2D eigenvalue weighted by Gasteiger charge is -2.24. The highest BCUT2D eigenvalue weighted by molar-refractivity contribution is 7.99. The van der Waals surface area contributed by atoms with Crippen molar-refractivity contribution in [3.63, 3.8) is 0 Å². The van der Waals surface area contributed by atoms with Gasteiger partial charge in [0.1, 0.15) is 0 Å². The molecule has 0 unspecified atom stereocenters. The maximum absolute atomic E-state index is 13.1. The lowest BCUT2D eigenvalue weighted by atomic mass is 10.3. The summed E-state index contributed by atoms with van der Waals surface area (Å²) in [6, 6.07) is 15.8. The molecule has 0 bridgehead atoms. The Labute approximate surface area is 185 Å². The van der Waals surface area contributed by atoms with E-state index in [9.17, 15) is 4.79 Å². The minimum absolute atomic E-state index is 0.123. The molecule has 0 radical (unpaired) electrons. The molecule has 0 aliphatic rings. The number of thiazole rings is 1. The van der Waals surface area contributed by atoms with Crippen LogP contribution in [0.5, 0.6) is 0 Å². The van der Waals surface area contributed by atoms with Crippen LogP contribution in [0.3, 0.4) is 0 Å². The standard InChI is InChI=1S/C22H26ClN3OS2/c1-3-25(4-2)14-15-26(22-24-19-7-5-6-8-20(19)29-22)21(27)13-16-28-18-11-9-17(23)10-12-18/h5-12H,3-4,13-16H2,1-2H3. The molecule has 0 saturated heterocycles. The Morgan fingerprint density at radius 2 is 1.79 bits per heavy atom. The van der Waals surface area contributed by atoms with Gasteiger partial charge >= 0.3 is 0 Å². The Hall–Kier alpha value is -1.60. The summed E-state index contributed by atoms with van der Waals surface area (Å²) >= 11 is 9.20. The van der Waals surface area contributed by atoms with Gasteiger partial charge < -0.3 is 4.90 Å². The number of hydrogen-bond donors (Lipinski definition) is 0. The van der Waals surface area contributed by atoms with Gasteiger partial charge in [0.05, 0.1) is 10.2 Å². The number of rotatable bonds is 10. The van der Waals surface area contributed by atoms with Crippen LogP contribution in [0.15, 0.2) is 53.4 Å². The summed E-state index contributed by atoms with van der Waals surface area (Å²) in [7, 11) is 0. The lowest BCUT2D eigenvalue weighted by molar-refractivity contribution is -0.118. The maximum atomic E-state index is 13.1. The van der Waals surface area contributed by atoms with E-state index in [4.69, 9.17) is 16.6 Å². The monoisotopic (exact) mass is 447 g/mol. The third-order valence-electron chi connectivity index (χ3n) is 4.75. The van der Waals surface area contributed by atoms with Gasteiger partial charge in [-0.05, 0) is 49.5 Å². The van der Waals surface area contributed by atoms with Crippen molar-refractivity contribution >= 4 is 56.0 Å². The van der Waals surface area contributed by atoms with Crippen LogP contribution in [0.1, 0.15) is 20.3 Å². The van der Waals surface area contributed by atoms with E-state index in [-0.39, 0.29) is 5.91 Å². The van der Waals surface area contributed by atoms with Gasteiger partial charge in [-0.3, -0.25) is 9.69 Å². The molecule has 29 heavy (non-hydrogen) atoms. The average molecular weight is 448 g/mol. The molecule has 0 atom stereocenters. The first kappa shape index (κ1) is 22.1. The topological polar surface area (TPSA) is 36.4 Å². The van der Waals surface area contributed by atoms with Crippen molar-refractivity contribution in [2.45, 2.75) is 25.2 Å². The number of amides is 1. The molecular formula is C22H26ClN3OS2. The molecule has 1 amide bonds. The number of para-hydroxylation sites is 1. The van der Waals surface area contributed by atoms with E-state index in [1.54, 1.807) is 23.1 Å². The number of aromatic nitrogens is 1. The molecule has 2 aromatic carbocycles. The van der Waals surface area contributed by atoms with Crippen LogP contribution in [0.2, 0.25) is 5.02 Å². The van der Waals surface area contributed by atoms with E-state index < -0.39 is 0 Å². The summed E-state index contributed by atoms with van der Waals surface area (Å²) in [5, 5.41) is 1.52. The number of thioether (sulfide) groups is 1. The van der Waals surface area contributed by atoms with Crippen molar-refractivity contribution in [1.82, 2.24) is 9.88 Å². The fourth-order valence-corrected chi connectivity index (χ4v) is 4.98. The van der Waals surface area contributed by atoms with Crippen LogP contribution in [0.25, 0.3) is 10.2 Å². The van der Waals surface area contributed by atoms with E-state index in [1.807, 2.05) is 47.4 Å². The van der Waals surface area contributed by atoms with E-state index in [0.29, 0.717) is 13.0 Å². The zero-order valence-corrected chi connectivity index (χ0v) is 19.2. The van der Waals surface area contributed by atoms with Crippen LogP contribution in [-0.4, -0.2) is 47.7 Å². The minimum atomic E-state index is 0.123. The predicted molar refractivity (Wildman–Crippen MR) is 127 cm³/mol. The second-order valence-electron chi connectivity index (χ2n) is 6.59. The van der Waals surface area contributed by atoms with Crippen molar-refractivity contribution in [2.75, 3.05) is 36.8 Å². The zero-order chi connectivity index (χ0) is 20.6. The second-order valence-corrected chi connectivity index (χ2v) is 9.20. The summed E-state index contributed by atoms with van der Waals surface area (Å²) < 4.78 is 1.11. The lowest BCUT2D eigenvalue weighted by Crippen LogP contribution is -2.39. The normalized spacial score (nSPS) is 11.3. The van der Waals surface area contributed by atoms with Gasteiger partial charge in [0, 0.05) is 35.2 Å². The third-order valence-corrected chi connectivity index (χ3v) is 7.07. The first-order chi connectivity index (χ1) is 14.1. The summed E-state index contributed by atoms with van der Waals surface area (Å²) in [6.07, 6.45) is 0.474. The molecule has 1 aromatic heterocycles. The van der Waals surface area contributed by atoms with E-state index in [1.165, 1.54) is 0 Å². The Morgan fingerprint density at radius 3 is 2.48 bits per heavy atom. The van der Waals surface area contributed by atoms with E-state index in [2.05, 4.69) is 24.8 Å². The quantitative estimate of drug-likeness (QED) is 0.367. The number of carbonyl (C=O) groups is 1. The summed E-state index contributed by atoms with van der Waals surface area (Å²) in [5.74, 6) is 0.852. The fraction of sp³-hybridized carbons (Fsp3) is 0.364. The molecular weight excluding hydrogens is 422 g/mol. The molecule has 1 heterocycles. The first-order valence-corrected chi connectivity index (χ1v) is 12.1. The number of benzene rings is 2. The molecule has 0 N–H and O–H groups in total. The van der Waals surface area contributed by atoms with Gasteiger partial charge in [-0.15, -0.1) is 11.8 Å². The molecule has 3 aromatic rings. The van der Waals surface area contributed by atoms with Gasteiger partial charge in [0.2, 0.25) is 5.91 Å². The van der Waals surface area contributed by atoms with Crippen LogP contribution in [0, 0.1) is 0 Å². The van der Waals surface area contributed by atoms with Crippen LogP contribution in [0.4, 0.5) is 5.13 Å². The molecule has 154 valence electrons. The van der Waals surface area contributed by atoms with E-state index in [0.717, 1.165) is 50.7 Å². The molecule has 0 aliphatic heterocycles.